The molecule has 15 nitrogen and oxygen atoms in total. The van der Waals surface area contributed by atoms with Crippen LogP contribution in [-0.2, 0) is 25.0 Å². The molecule has 1 amide bonds. The number of hydrogen-bond donors (Lipinski definition) is 6. The Bertz CT molecular complexity index is 2010. The van der Waals surface area contributed by atoms with E-state index in [2.05, 4.69) is 31.1 Å². The van der Waals surface area contributed by atoms with Crippen molar-refractivity contribution >= 4 is 76.7 Å². The lowest BCUT2D eigenvalue weighted by atomic mass is 10.1. The number of nitrogens with zero attached hydrogens (tertiary/aromatic N) is 4. The van der Waals surface area contributed by atoms with E-state index in [9.17, 15) is 35.8 Å². The van der Waals surface area contributed by atoms with Crippen molar-refractivity contribution in [2.24, 2.45) is 20.5 Å². The van der Waals surface area contributed by atoms with Gasteiger partial charge in [0.1, 0.15) is 27.7 Å². The fourth-order valence-electron chi connectivity index (χ4n) is 3.81. The largest absolute Gasteiger partial charge is 0.507 e. The van der Waals surface area contributed by atoms with Gasteiger partial charge in [-0.1, -0.05) is 6.07 Å². The Labute approximate surface area is 239 Å². The first-order chi connectivity index (χ1) is 19.7. The van der Waals surface area contributed by atoms with E-state index < -0.39 is 35.8 Å². The van der Waals surface area contributed by atoms with Gasteiger partial charge in [-0.3, -0.25) is 13.9 Å². The molecule has 0 atom stereocenters. The summed E-state index contributed by atoms with van der Waals surface area (Å²) in [6, 6.07) is 13.0. The number of phenols is 1. The van der Waals surface area contributed by atoms with Crippen LogP contribution in [0.1, 0.15) is 6.92 Å². The minimum Gasteiger partial charge on any atom is -0.507 e. The van der Waals surface area contributed by atoms with Gasteiger partial charge >= 0.3 is 0 Å². The van der Waals surface area contributed by atoms with E-state index in [-0.39, 0.29) is 45.1 Å². The summed E-state index contributed by atoms with van der Waals surface area (Å²) in [6.45, 7) is 1.32. The van der Waals surface area contributed by atoms with Crippen molar-refractivity contribution in [3.63, 3.8) is 0 Å². The number of amides is 1. The predicted octanol–water partition coefficient (Wildman–Crippen LogP) is 5.45. The van der Waals surface area contributed by atoms with Gasteiger partial charge in [0.15, 0.2) is 0 Å². The van der Waals surface area contributed by atoms with Gasteiger partial charge in [-0.05, 0) is 53.9 Å². The molecule has 7 N–H and O–H groups in total. The Hall–Kier alpha value is -4.97. The van der Waals surface area contributed by atoms with Gasteiger partial charge in [-0.2, -0.15) is 21.9 Å². The number of nitrogens with one attached hydrogen (secondary N) is 2. The zero-order chi connectivity index (χ0) is 30.8. The first-order valence-electron chi connectivity index (χ1n) is 11.7. The molecule has 218 valence electrons. The Morgan fingerprint density at radius 2 is 1.52 bits per heavy atom. The van der Waals surface area contributed by atoms with Crippen LogP contribution in [0.3, 0.4) is 0 Å². The lowest BCUT2D eigenvalue weighted by Crippen LogP contribution is -2.06. The zero-order valence-electron chi connectivity index (χ0n) is 21.8. The topological polar surface area (TPSA) is 246 Å². The summed E-state index contributed by atoms with van der Waals surface area (Å²) >= 11 is 0. The summed E-state index contributed by atoms with van der Waals surface area (Å²) in [5.41, 5.74) is 6.85. The summed E-state index contributed by atoms with van der Waals surface area (Å²) in [6.07, 6.45) is 0. The van der Waals surface area contributed by atoms with Gasteiger partial charge in [-0.15, -0.1) is 15.3 Å². The molecular weight excluding hydrogens is 590 g/mol. The summed E-state index contributed by atoms with van der Waals surface area (Å²) < 4.78 is 66.6. The fourth-order valence-corrected chi connectivity index (χ4v) is 4.99. The highest BCUT2D eigenvalue weighted by molar-refractivity contribution is 7.86. The Morgan fingerprint density at radius 1 is 0.833 bits per heavy atom. The molecule has 0 aliphatic carbocycles. The van der Waals surface area contributed by atoms with Crippen LogP contribution >= 0.6 is 0 Å². The van der Waals surface area contributed by atoms with Gasteiger partial charge in [0.05, 0.1) is 27.3 Å². The molecule has 4 rings (SSSR count). The Balaban J connectivity index is 1.76. The van der Waals surface area contributed by atoms with Crippen molar-refractivity contribution in [2.75, 3.05) is 23.4 Å². The van der Waals surface area contributed by atoms with E-state index in [4.69, 9.17) is 5.73 Å². The van der Waals surface area contributed by atoms with E-state index in [0.29, 0.717) is 11.4 Å². The quantitative estimate of drug-likeness (QED) is 0.0832. The third kappa shape index (κ3) is 6.66. The van der Waals surface area contributed by atoms with Crippen LogP contribution in [0.4, 0.5) is 39.8 Å². The Kier molecular flexibility index (Phi) is 8.21. The summed E-state index contributed by atoms with van der Waals surface area (Å²) in [5, 5.41) is 32.1. The summed E-state index contributed by atoms with van der Waals surface area (Å²) in [4.78, 5) is 10.3. The second-order valence-electron chi connectivity index (χ2n) is 8.71. The number of fused-ring (bicyclic) bond motifs is 1. The van der Waals surface area contributed by atoms with Crippen molar-refractivity contribution in [2.45, 2.75) is 16.7 Å². The molecule has 0 aliphatic heterocycles. The van der Waals surface area contributed by atoms with Crippen LogP contribution in [0.15, 0.2) is 90.9 Å². The van der Waals surface area contributed by atoms with E-state index in [1.54, 1.807) is 25.2 Å². The molecule has 0 spiro atoms. The molecule has 17 heteroatoms. The maximum Gasteiger partial charge on any atom is 0.296 e. The second-order valence-corrected chi connectivity index (χ2v) is 11.5. The molecule has 0 fully saturated rings. The van der Waals surface area contributed by atoms with Crippen molar-refractivity contribution in [1.29, 1.82) is 0 Å². The smallest absolute Gasteiger partial charge is 0.296 e. The normalized spacial score (nSPS) is 12.3. The minimum atomic E-state index is -4.85. The second kappa shape index (κ2) is 11.5. The number of benzene rings is 4. The molecule has 4 aromatic carbocycles. The highest BCUT2D eigenvalue weighted by Gasteiger charge is 2.19. The standard InChI is InChI=1S/C25H23N7O8S2/c1-13(33)28-21-10-15(27-2)4-7-19(21)30-29-16-5-8-20(23(11-16)42(38,39)40)31-32-25-18(26)6-3-14-9-17(41(35,36)37)12-22(34)24(14)25/h3-12,27,34H,26H2,1-2H3,(H,28,33)(H,35,36,37)(H,38,39,40). The van der Waals surface area contributed by atoms with Gasteiger partial charge in [-0.25, -0.2) is 0 Å². The number of carbonyl (C=O) groups is 1. The van der Waals surface area contributed by atoms with E-state index in [1.165, 1.54) is 31.2 Å². The van der Waals surface area contributed by atoms with Crippen molar-refractivity contribution in [3.8, 4) is 5.75 Å². The first kappa shape index (κ1) is 30.0. The first-order valence-corrected chi connectivity index (χ1v) is 14.6. The lowest BCUT2D eigenvalue weighted by Gasteiger charge is -2.09. The van der Waals surface area contributed by atoms with Crippen LogP contribution < -0.4 is 16.4 Å². The highest BCUT2D eigenvalue weighted by Crippen LogP contribution is 2.41. The number of anilines is 3. The maximum atomic E-state index is 12.2. The van der Waals surface area contributed by atoms with Crippen molar-refractivity contribution in [1.82, 2.24) is 0 Å². The number of phenolic OH excluding ortho intramolecular Hbond substituents is 1. The molecule has 4 aromatic rings. The monoisotopic (exact) mass is 613 g/mol. The number of rotatable bonds is 8. The zero-order valence-corrected chi connectivity index (χ0v) is 23.5. The number of hydrogen-bond acceptors (Lipinski definition) is 12. The maximum absolute atomic E-state index is 12.2. The molecule has 0 bridgehead atoms. The SMILES string of the molecule is CNc1ccc(N=Nc2ccc(N=Nc3c(N)ccc4cc(S(=O)(=O)O)cc(O)c34)c(S(=O)(=O)O)c2)c(NC(C)=O)c1. The van der Waals surface area contributed by atoms with E-state index in [0.717, 1.165) is 18.2 Å². The Morgan fingerprint density at radius 3 is 2.17 bits per heavy atom. The van der Waals surface area contributed by atoms with Gasteiger partial charge in [0, 0.05) is 25.7 Å². The number of aromatic hydroxyl groups is 1. The molecular formula is C25H23N7O8S2. The number of nitrogen functional groups attached to an aromatic ring is 1. The fraction of sp³-hybridized carbons (Fsp3) is 0.0800. The molecule has 0 radical (unpaired) electrons. The highest BCUT2D eigenvalue weighted by atomic mass is 32.2. The minimum absolute atomic E-state index is 0.000697. The third-order valence-corrected chi connectivity index (χ3v) is 7.43. The average molecular weight is 614 g/mol. The summed E-state index contributed by atoms with van der Waals surface area (Å²) in [5.74, 6) is -0.935. The molecule has 42 heavy (non-hydrogen) atoms. The van der Waals surface area contributed by atoms with Crippen molar-refractivity contribution in [3.05, 3.63) is 60.7 Å². The molecule has 0 unspecified atom stereocenters. The van der Waals surface area contributed by atoms with Crippen LogP contribution in [-0.4, -0.2) is 44.0 Å². The number of nitrogens with two attached hydrogens (primary N) is 1. The van der Waals surface area contributed by atoms with Gasteiger partial charge < -0.3 is 21.5 Å². The lowest BCUT2D eigenvalue weighted by molar-refractivity contribution is -0.114. The molecule has 0 heterocycles. The molecule has 0 saturated carbocycles. The molecule has 0 saturated heterocycles. The van der Waals surface area contributed by atoms with Crippen LogP contribution in [0.25, 0.3) is 10.8 Å². The summed E-state index contributed by atoms with van der Waals surface area (Å²) in [7, 11) is -7.79. The molecule has 0 aliphatic rings. The van der Waals surface area contributed by atoms with Gasteiger partial charge in [0.25, 0.3) is 20.2 Å². The van der Waals surface area contributed by atoms with Crippen LogP contribution in [0, 0.1) is 0 Å². The number of azo groups is 2. The van der Waals surface area contributed by atoms with E-state index in [1.807, 2.05) is 0 Å². The third-order valence-electron chi connectivity index (χ3n) is 5.72. The van der Waals surface area contributed by atoms with E-state index >= 15 is 0 Å². The van der Waals surface area contributed by atoms with Crippen LogP contribution in [0.5, 0.6) is 5.75 Å². The van der Waals surface area contributed by atoms with Gasteiger partial charge in [0.2, 0.25) is 5.91 Å². The van der Waals surface area contributed by atoms with Crippen LogP contribution in [0.2, 0.25) is 0 Å². The molecule has 0 aromatic heterocycles. The van der Waals surface area contributed by atoms with Crippen molar-refractivity contribution < 1.29 is 35.8 Å². The average Bonchev–Trinajstić information content (AvgIpc) is 2.90. The predicted molar refractivity (Wildman–Crippen MR) is 155 cm³/mol. The number of carbonyl (C=O) groups excluding carboxylic acids is 1.